The summed E-state index contributed by atoms with van der Waals surface area (Å²) in [6.07, 6.45) is 4.38. The second-order valence-corrected chi connectivity index (χ2v) is 8.71. The van der Waals surface area contributed by atoms with Crippen LogP contribution < -0.4 is 10.6 Å². The van der Waals surface area contributed by atoms with Gasteiger partial charge in [0.2, 0.25) is 5.76 Å². The summed E-state index contributed by atoms with van der Waals surface area (Å²) in [6.45, 7) is 0.256. The molecule has 1 saturated carbocycles. The number of halogens is 1. The first-order valence-corrected chi connectivity index (χ1v) is 11.5. The normalized spacial score (nSPS) is 13.3. The third-order valence-electron chi connectivity index (χ3n) is 6.03. The Morgan fingerprint density at radius 3 is 2.69 bits per heavy atom. The van der Waals surface area contributed by atoms with Crippen molar-refractivity contribution in [1.82, 2.24) is 20.3 Å². The molecule has 0 spiro atoms. The number of anilines is 1. The summed E-state index contributed by atoms with van der Waals surface area (Å²) in [5.74, 6) is -0.229. The van der Waals surface area contributed by atoms with E-state index in [2.05, 4.69) is 20.9 Å². The molecular weight excluding hydrogens is 470 g/mol. The minimum atomic E-state index is -0.473. The highest BCUT2D eigenvalue weighted by atomic mass is 35.5. The van der Waals surface area contributed by atoms with E-state index in [4.69, 9.17) is 16.1 Å². The van der Waals surface area contributed by atoms with Crippen molar-refractivity contribution in [2.45, 2.75) is 31.7 Å². The Balaban J connectivity index is 1.41. The SMILES string of the molecule is O=C(Nc1ccc(O)c(-c2cc(C3CCC3)n(C(=O)NCc3ccccc3Cl)n2)c1)c1ccno1. The van der Waals surface area contributed by atoms with Crippen molar-refractivity contribution in [2.24, 2.45) is 0 Å². The molecular formula is C25H22ClN5O4. The molecule has 0 bridgehead atoms. The Kier molecular flexibility index (Phi) is 6.24. The van der Waals surface area contributed by atoms with Gasteiger partial charge in [0.05, 0.1) is 17.6 Å². The van der Waals surface area contributed by atoms with E-state index in [-0.39, 0.29) is 30.0 Å². The van der Waals surface area contributed by atoms with Gasteiger partial charge in [0.1, 0.15) is 5.75 Å². The van der Waals surface area contributed by atoms with Crippen molar-refractivity contribution >= 4 is 29.2 Å². The second kappa shape index (κ2) is 9.63. The number of carbonyl (C=O) groups is 2. The first kappa shape index (κ1) is 22.7. The minimum absolute atomic E-state index is 0.0241. The van der Waals surface area contributed by atoms with Crippen molar-refractivity contribution in [3.63, 3.8) is 0 Å². The summed E-state index contributed by atoms with van der Waals surface area (Å²) < 4.78 is 6.24. The topological polar surface area (TPSA) is 122 Å². The number of benzene rings is 2. The molecule has 2 aromatic heterocycles. The summed E-state index contributed by atoms with van der Waals surface area (Å²) in [4.78, 5) is 25.4. The van der Waals surface area contributed by atoms with Gasteiger partial charge < -0.3 is 20.3 Å². The van der Waals surface area contributed by atoms with Crippen LogP contribution in [0.2, 0.25) is 5.02 Å². The quantitative estimate of drug-likeness (QED) is 0.319. The third kappa shape index (κ3) is 4.76. The van der Waals surface area contributed by atoms with Crippen LogP contribution in [-0.2, 0) is 6.54 Å². The molecule has 2 amide bonds. The molecule has 4 aromatic rings. The molecule has 2 heterocycles. The van der Waals surface area contributed by atoms with E-state index in [1.54, 1.807) is 18.2 Å². The Hall–Kier alpha value is -4.11. The molecule has 10 heteroatoms. The highest BCUT2D eigenvalue weighted by Gasteiger charge is 2.28. The van der Waals surface area contributed by atoms with Crippen molar-refractivity contribution < 1.29 is 19.2 Å². The monoisotopic (exact) mass is 491 g/mol. The van der Waals surface area contributed by atoms with Gasteiger partial charge in [-0.1, -0.05) is 41.4 Å². The van der Waals surface area contributed by atoms with Gasteiger partial charge in [0.15, 0.2) is 0 Å². The minimum Gasteiger partial charge on any atom is -0.507 e. The Labute approximate surface area is 205 Å². The second-order valence-electron chi connectivity index (χ2n) is 8.31. The number of hydrogen-bond donors (Lipinski definition) is 3. The molecule has 0 atom stereocenters. The maximum absolute atomic E-state index is 13.1. The average molecular weight is 492 g/mol. The lowest BCUT2D eigenvalue weighted by atomic mass is 9.82. The molecule has 2 aromatic carbocycles. The zero-order valence-corrected chi connectivity index (χ0v) is 19.3. The molecule has 1 fully saturated rings. The van der Waals surface area contributed by atoms with Crippen LogP contribution in [0.5, 0.6) is 5.75 Å². The summed E-state index contributed by atoms with van der Waals surface area (Å²) in [5, 5.41) is 24.7. The number of nitrogens with one attached hydrogen (secondary N) is 2. The summed E-state index contributed by atoms with van der Waals surface area (Å²) in [6, 6.07) is 14.8. The van der Waals surface area contributed by atoms with Crippen molar-refractivity contribution in [1.29, 1.82) is 0 Å². The first-order chi connectivity index (χ1) is 17.0. The van der Waals surface area contributed by atoms with Crippen LogP contribution in [0.25, 0.3) is 11.3 Å². The molecule has 5 rings (SSSR count). The molecule has 1 aliphatic rings. The molecule has 0 radical (unpaired) electrons. The Morgan fingerprint density at radius 2 is 1.97 bits per heavy atom. The van der Waals surface area contributed by atoms with Crippen LogP contribution in [0, 0.1) is 0 Å². The molecule has 3 N–H and O–H groups in total. The number of phenolic OH excluding ortho intramolecular Hbond substituents is 1. The molecule has 1 aliphatic carbocycles. The number of hydrogen-bond acceptors (Lipinski definition) is 6. The lowest BCUT2D eigenvalue weighted by Gasteiger charge is -2.25. The number of phenols is 1. The van der Waals surface area contributed by atoms with Gasteiger partial charge in [0, 0.05) is 34.8 Å². The largest absolute Gasteiger partial charge is 0.507 e. The van der Waals surface area contributed by atoms with E-state index in [0.29, 0.717) is 22.0 Å². The van der Waals surface area contributed by atoms with E-state index >= 15 is 0 Å². The molecule has 0 unspecified atom stereocenters. The molecule has 0 aliphatic heterocycles. The van der Waals surface area contributed by atoms with Crippen LogP contribution >= 0.6 is 11.6 Å². The molecule has 9 nitrogen and oxygen atoms in total. The Morgan fingerprint density at radius 1 is 1.14 bits per heavy atom. The number of nitrogens with zero attached hydrogens (tertiary/aromatic N) is 3. The van der Waals surface area contributed by atoms with Crippen LogP contribution in [0.4, 0.5) is 10.5 Å². The fourth-order valence-corrected chi connectivity index (χ4v) is 4.12. The van der Waals surface area contributed by atoms with Gasteiger partial charge in [-0.3, -0.25) is 4.79 Å². The fourth-order valence-electron chi connectivity index (χ4n) is 3.92. The summed E-state index contributed by atoms with van der Waals surface area (Å²) in [5.41, 5.74) is 2.82. The summed E-state index contributed by atoms with van der Waals surface area (Å²) >= 11 is 6.21. The van der Waals surface area contributed by atoms with E-state index in [1.165, 1.54) is 23.0 Å². The fraction of sp³-hybridized carbons (Fsp3) is 0.200. The van der Waals surface area contributed by atoms with Gasteiger partial charge in [0.25, 0.3) is 5.91 Å². The molecule has 35 heavy (non-hydrogen) atoms. The lowest BCUT2D eigenvalue weighted by molar-refractivity contribution is 0.0988. The predicted octanol–water partition coefficient (Wildman–Crippen LogP) is 5.17. The standard InChI is InChI=1S/C25H22ClN5O4/c26-19-7-2-1-4-16(19)14-27-25(34)31-21(15-5-3-6-15)13-20(30-31)18-12-17(8-9-22(18)32)29-24(33)23-10-11-28-35-23/h1-2,4,7-13,15,32H,3,5-6,14H2,(H,27,34)(H,29,33). The van der Waals surface area contributed by atoms with E-state index in [1.807, 2.05) is 24.3 Å². The van der Waals surface area contributed by atoms with Gasteiger partial charge in [-0.2, -0.15) is 9.78 Å². The lowest BCUT2D eigenvalue weighted by Crippen LogP contribution is -2.31. The van der Waals surface area contributed by atoms with E-state index in [0.717, 1.165) is 30.5 Å². The van der Waals surface area contributed by atoms with Gasteiger partial charge in [-0.25, -0.2) is 4.79 Å². The zero-order valence-electron chi connectivity index (χ0n) is 18.6. The number of aromatic nitrogens is 3. The third-order valence-corrected chi connectivity index (χ3v) is 6.40. The van der Waals surface area contributed by atoms with Crippen LogP contribution in [0.15, 0.2) is 65.3 Å². The van der Waals surface area contributed by atoms with Crippen LogP contribution in [-0.4, -0.2) is 32.0 Å². The van der Waals surface area contributed by atoms with Gasteiger partial charge in [-0.05, 0) is 48.7 Å². The predicted molar refractivity (Wildman–Crippen MR) is 129 cm³/mol. The summed E-state index contributed by atoms with van der Waals surface area (Å²) in [7, 11) is 0. The van der Waals surface area contributed by atoms with E-state index < -0.39 is 5.91 Å². The highest BCUT2D eigenvalue weighted by Crippen LogP contribution is 2.39. The smallest absolute Gasteiger partial charge is 0.342 e. The Bertz CT molecular complexity index is 1380. The molecule has 178 valence electrons. The maximum Gasteiger partial charge on any atom is 0.342 e. The average Bonchev–Trinajstić information content (AvgIpc) is 3.49. The van der Waals surface area contributed by atoms with E-state index in [9.17, 15) is 14.7 Å². The maximum atomic E-state index is 13.1. The van der Waals surface area contributed by atoms with Crippen molar-refractivity contribution in [2.75, 3.05) is 5.32 Å². The van der Waals surface area contributed by atoms with Crippen molar-refractivity contribution in [3.05, 3.63) is 82.8 Å². The number of carbonyl (C=O) groups excluding carboxylic acids is 2. The zero-order chi connectivity index (χ0) is 24.4. The van der Waals surface area contributed by atoms with Gasteiger partial charge in [-0.15, -0.1) is 0 Å². The number of amides is 2. The van der Waals surface area contributed by atoms with Crippen LogP contribution in [0.3, 0.4) is 0 Å². The number of aromatic hydroxyl groups is 1. The van der Waals surface area contributed by atoms with Gasteiger partial charge >= 0.3 is 6.03 Å². The van der Waals surface area contributed by atoms with Crippen LogP contribution in [0.1, 0.15) is 47.0 Å². The number of rotatable bonds is 6. The van der Waals surface area contributed by atoms with Crippen molar-refractivity contribution in [3.8, 4) is 17.0 Å². The molecule has 0 saturated heterocycles. The highest BCUT2D eigenvalue weighted by molar-refractivity contribution is 6.31. The first-order valence-electron chi connectivity index (χ1n) is 11.2.